The van der Waals surface area contributed by atoms with Gasteiger partial charge in [-0.05, 0) is 42.8 Å². The number of hydrogen-bond acceptors (Lipinski definition) is 5. The molecule has 0 saturated carbocycles. The van der Waals surface area contributed by atoms with Gasteiger partial charge in [0.15, 0.2) is 0 Å². The summed E-state index contributed by atoms with van der Waals surface area (Å²) >= 11 is 7.29. The van der Waals surface area contributed by atoms with Crippen molar-refractivity contribution in [3.63, 3.8) is 0 Å². The number of nitrogens with zero attached hydrogens (tertiary/aromatic N) is 2. The van der Waals surface area contributed by atoms with Crippen LogP contribution in [-0.2, 0) is 6.54 Å². The van der Waals surface area contributed by atoms with E-state index >= 15 is 0 Å². The molecule has 0 bridgehead atoms. The highest BCUT2D eigenvalue weighted by Crippen LogP contribution is 2.16. The van der Waals surface area contributed by atoms with Crippen LogP contribution in [0, 0.1) is 6.92 Å². The summed E-state index contributed by atoms with van der Waals surface area (Å²) in [6, 6.07) is 13.9. The molecule has 1 heterocycles. The topological polar surface area (TPSA) is 84.0 Å². The van der Waals surface area contributed by atoms with Crippen molar-refractivity contribution in [3.8, 4) is 0 Å². The van der Waals surface area contributed by atoms with Crippen molar-refractivity contribution in [1.82, 2.24) is 15.5 Å². The third-order valence-electron chi connectivity index (χ3n) is 3.52. The lowest BCUT2D eigenvalue weighted by Crippen LogP contribution is -2.23. The molecule has 0 aliphatic carbocycles. The van der Waals surface area contributed by atoms with Gasteiger partial charge in [-0.1, -0.05) is 41.1 Å². The first-order chi connectivity index (χ1) is 12.5. The number of aromatic nitrogens is 2. The largest absolute Gasteiger partial charge is 0.348 e. The molecule has 6 nitrogen and oxygen atoms in total. The molecule has 0 radical (unpaired) electrons. The first-order valence-electron chi connectivity index (χ1n) is 7.76. The van der Waals surface area contributed by atoms with Gasteiger partial charge >= 0.3 is 0 Å². The maximum absolute atomic E-state index is 12.2. The van der Waals surface area contributed by atoms with E-state index in [1.165, 1.54) is 11.3 Å². The molecule has 3 rings (SSSR count). The minimum absolute atomic E-state index is 0.220. The van der Waals surface area contributed by atoms with Gasteiger partial charge in [-0.3, -0.25) is 9.59 Å². The Morgan fingerprint density at radius 1 is 1.04 bits per heavy atom. The van der Waals surface area contributed by atoms with Gasteiger partial charge in [0.1, 0.15) is 5.01 Å². The molecule has 2 N–H and O–H groups in total. The first-order valence-corrected chi connectivity index (χ1v) is 8.95. The number of anilines is 1. The van der Waals surface area contributed by atoms with E-state index in [2.05, 4.69) is 20.8 Å². The fourth-order valence-corrected chi connectivity index (χ4v) is 2.99. The fourth-order valence-electron chi connectivity index (χ4n) is 2.20. The maximum Gasteiger partial charge on any atom is 0.286 e. The fraction of sp³-hybridized carbons (Fsp3) is 0.111. The number of benzene rings is 2. The zero-order chi connectivity index (χ0) is 18.5. The van der Waals surface area contributed by atoms with Gasteiger partial charge < -0.3 is 10.6 Å². The zero-order valence-corrected chi connectivity index (χ0v) is 15.4. The molecule has 2 aromatic carbocycles. The van der Waals surface area contributed by atoms with Crippen molar-refractivity contribution in [1.29, 1.82) is 0 Å². The number of aryl methyl sites for hydroxylation is 1. The summed E-state index contributed by atoms with van der Waals surface area (Å²) < 4.78 is 0. The van der Waals surface area contributed by atoms with Crippen molar-refractivity contribution in [2.75, 3.05) is 5.32 Å². The van der Waals surface area contributed by atoms with Gasteiger partial charge in [-0.25, -0.2) is 0 Å². The molecule has 0 saturated heterocycles. The Balaban J connectivity index is 1.59. The van der Waals surface area contributed by atoms with Gasteiger partial charge in [0.2, 0.25) is 5.01 Å². The highest BCUT2D eigenvalue weighted by Gasteiger charge is 2.12. The van der Waals surface area contributed by atoms with Crippen molar-refractivity contribution in [2.24, 2.45) is 0 Å². The average molecular weight is 387 g/mol. The Kier molecular flexibility index (Phi) is 5.60. The molecule has 0 fully saturated rings. The Labute approximate surface area is 159 Å². The summed E-state index contributed by atoms with van der Waals surface area (Å²) in [7, 11) is 0. The maximum atomic E-state index is 12.2. The highest BCUT2D eigenvalue weighted by atomic mass is 35.5. The number of nitrogens with one attached hydrogen (secondary N) is 2. The van der Waals surface area contributed by atoms with Crippen LogP contribution in [0.15, 0.2) is 48.5 Å². The zero-order valence-electron chi connectivity index (χ0n) is 13.8. The van der Waals surface area contributed by atoms with Crippen LogP contribution in [-0.4, -0.2) is 22.0 Å². The van der Waals surface area contributed by atoms with Crippen LogP contribution in [0.2, 0.25) is 5.02 Å². The number of carbonyl (C=O) groups excluding carboxylic acids is 2. The molecule has 2 amide bonds. The molecule has 0 unspecified atom stereocenters. The van der Waals surface area contributed by atoms with E-state index in [0.29, 0.717) is 27.8 Å². The van der Waals surface area contributed by atoms with E-state index in [1.807, 2.05) is 18.2 Å². The van der Waals surface area contributed by atoms with Crippen molar-refractivity contribution in [3.05, 3.63) is 74.7 Å². The van der Waals surface area contributed by atoms with Gasteiger partial charge in [0.05, 0.1) is 0 Å². The normalized spacial score (nSPS) is 10.4. The SMILES string of the molecule is Cc1nnc(C(=O)Nc2ccc(C(=O)NCc3ccccc3Cl)cc2)s1. The number of hydrogen-bond donors (Lipinski definition) is 2. The standard InChI is InChI=1S/C18H15ClN4O2S/c1-11-22-23-18(26-11)17(25)21-14-8-6-12(7-9-14)16(24)20-10-13-4-2-3-5-15(13)19/h2-9H,10H2,1H3,(H,20,24)(H,21,25). The number of halogens is 1. The predicted octanol–water partition coefficient (Wildman–Crippen LogP) is 3.68. The highest BCUT2D eigenvalue weighted by molar-refractivity contribution is 7.13. The molecular weight excluding hydrogens is 372 g/mol. The van der Waals surface area contributed by atoms with Crippen LogP contribution in [0.4, 0.5) is 5.69 Å². The van der Waals surface area contributed by atoms with Crippen LogP contribution < -0.4 is 10.6 Å². The molecule has 0 aliphatic rings. The molecule has 0 spiro atoms. The summed E-state index contributed by atoms with van der Waals surface area (Å²) in [4.78, 5) is 24.3. The van der Waals surface area contributed by atoms with Gasteiger partial charge in [0, 0.05) is 22.8 Å². The Bertz CT molecular complexity index is 940. The lowest BCUT2D eigenvalue weighted by molar-refractivity contribution is 0.0950. The summed E-state index contributed by atoms with van der Waals surface area (Å²) in [5, 5.41) is 14.8. The molecular formula is C18H15ClN4O2S. The van der Waals surface area contributed by atoms with Gasteiger partial charge in [-0.2, -0.15) is 0 Å². The minimum Gasteiger partial charge on any atom is -0.348 e. The molecule has 0 atom stereocenters. The number of carbonyl (C=O) groups is 2. The van der Waals surface area contributed by atoms with Crippen LogP contribution in [0.5, 0.6) is 0 Å². The van der Waals surface area contributed by atoms with Crippen molar-refractivity contribution < 1.29 is 9.59 Å². The summed E-state index contributed by atoms with van der Waals surface area (Å²) in [6.07, 6.45) is 0. The summed E-state index contributed by atoms with van der Waals surface area (Å²) in [6.45, 7) is 2.12. The molecule has 132 valence electrons. The molecule has 26 heavy (non-hydrogen) atoms. The third-order valence-corrected chi connectivity index (χ3v) is 4.73. The lowest BCUT2D eigenvalue weighted by atomic mass is 10.1. The van der Waals surface area contributed by atoms with E-state index in [-0.39, 0.29) is 11.8 Å². The second-order valence-electron chi connectivity index (χ2n) is 5.43. The van der Waals surface area contributed by atoms with Crippen LogP contribution in [0.3, 0.4) is 0 Å². The molecule has 1 aromatic heterocycles. The smallest absolute Gasteiger partial charge is 0.286 e. The Hall–Kier alpha value is -2.77. The molecule has 3 aromatic rings. The second kappa shape index (κ2) is 8.07. The first kappa shape index (κ1) is 18.0. The van der Waals surface area contributed by atoms with Crippen LogP contribution in [0.25, 0.3) is 0 Å². The quantitative estimate of drug-likeness (QED) is 0.700. The second-order valence-corrected chi connectivity index (χ2v) is 7.02. The van der Waals surface area contributed by atoms with E-state index in [1.54, 1.807) is 37.3 Å². The van der Waals surface area contributed by atoms with Crippen LogP contribution >= 0.6 is 22.9 Å². The van der Waals surface area contributed by atoms with E-state index in [9.17, 15) is 9.59 Å². The minimum atomic E-state index is -0.327. The summed E-state index contributed by atoms with van der Waals surface area (Å²) in [5.41, 5.74) is 1.91. The average Bonchev–Trinajstić information content (AvgIpc) is 3.08. The molecule has 0 aliphatic heterocycles. The summed E-state index contributed by atoms with van der Waals surface area (Å²) in [5.74, 6) is -0.547. The number of rotatable bonds is 5. The number of amides is 2. The monoisotopic (exact) mass is 386 g/mol. The Morgan fingerprint density at radius 3 is 2.42 bits per heavy atom. The van der Waals surface area contributed by atoms with Gasteiger partial charge in [0.25, 0.3) is 11.8 Å². The predicted molar refractivity (Wildman–Crippen MR) is 102 cm³/mol. The van der Waals surface area contributed by atoms with Crippen LogP contribution in [0.1, 0.15) is 30.7 Å². The van der Waals surface area contributed by atoms with Gasteiger partial charge in [-0.15, -0.1) is 10.2 Å². The Morgan fingerprint density at radius 2 is 1.77 bits per heavy atom. The lowest BCUT2D eigenvalue weighted by Gasteiger charge is -2.08. The van der Waals surface area contributed by atoms with Crippen molar-refractivity contribution >= 4 is 40.4 Å². The van der Waals surface area contributed by atoms with E-state index in [4.69, 9.17) is 11.6 Å². The van der Waals surface area contributed by atoms with E-state index in [0.717, 1.165) is 10.6 Å². The third kappa shape index (κ3) is 4.44. The van der Waals surface area contributed by atoms with E-state index < -0.39 is 0 Å². The van der Waals surface area contributed by atoms with Crippen molar-refractivity contribution in [2.45, 2.75) is 13.5 Å². The molecule has 8 heteroatoms.